The van der Waals surface area contributed by atoms with E-state index in [2.05, 4.69) is 4.90 Å². The third-order valence-corrected chi connectivity index (χ3v) is 3.91. The van der Waals surface area contributed by atoms with Crippen LogP contribution in [0.25, 0.3) is 0 Å². The summed E-state index contributed by atoms with van der Waals surface area (Å²) in [7, 11) is 1.95. The number of likely N-dealkylation sites (tertiary alicyclic amines) is 1. The first-order valence-corrected chi connectivity index (χ1v) is 6.38. The van der Waals surface area contributed by atoms with Gasteiger partial charge in [0.05, 0.1) is 13.1 Å². The fourth-order valence-electron chi connectivity index (χ4n) is 2.74. The Morgan fingerprint density at radius 3 is 2.59 bits per heavy atom. The van der Waals surface area contributed by atoms with Gasteiger partial charge in [-0.1, -0.05) is 12.8 Å². The van der Waals surface area contributed by atoms with Gasteiger partial charge in [0.15, 0.2) is 0 Å². The molecule has 2 aliphatic rings. The van der Waals surface area contributed by atoms with Gasteiger partial charge in [-0.2, -0.15) is 0 Å². The topological polar surface area (TPSA) is 43.8 Å². The Balaban J connectivity index is 1.80. The van der Waals surface area contributed by atoms with E-state index in [1.165, 1.54) is 17.7 Å². The van der Waals surface area contributed by atoms with E-state index >= 15 is 0 Å². The molecule has 5 heteroatoms. The van der Waals surface area contributed by atoms with Gasteiger partial charge in [0.2, 0.25) is 5.91 Å². The molecule has 1 saturated carbocycles. The Bertz CT molecular complexity index is 272. The van der Waals surface area contributed by atoms with Gasteiger partial charge >= 0.3 is 0 Å². The van der Waals surface area contributed by atoms with Crippen LogP contribution in [-0.2, 0) is 4.79 Å². The predicted octanol–water partition coefficient (Wildman–Crippen LogP) is 0.402. The van der Waals surface area contributed by atoms with Crippen molar-refractivity contribution in [2.24, 2.45) is 0 Å². The van der Waals surface area contributed by atoms with Gasteiger partial charge in [-0.15, -0.1) is 0 Å². The lowest BCUT2D eigenvalue weighted by molar-refractivity contribution is -0.132. The third-order valence-electron chi connectivity index (χ3n) is 3.91. The second kappa shape index (κ2) is 5.31. The lowest BCUT2D eigenvalue weighted by atomic mass is 10.2. The van der Waals surface area contributed by atoms with Crippen LogP contribution in [0.3, 0.4) is 0 Å². The van der Waals surface area contributed by atoms with Crippen LogP contribution in [-0.4, -0.2) is 65.8 Å². The quantitative estimate of drug-likeness (QED) is 0.781. The van der Waals surface area contributed by atoms with E-state index in [0.29, 0.717) is 12.6 Å². The molecular weight excluding hydrogens is 223 g/mol. The minimum Gasteiger partial charge on any atom is -0.388 e. The van der Waals surface area contributed by atoms with Crippen LogP contribution in [0.4, 0.5) is 4.39 Å². The van der Waals surface area contributed by atoms with Gasteiger partial charge < -0.3 is 10.0 Å². The highest BCUT2D eigenvalue weighted by Crippen LogP contribution is 2.22. The van der Waals surface area contributed by atoms with E-state index in [1.807, 2.05) is 7.05 Å². The maximum Gasteiger partial charge on any atom is 0.236 e. The molecular formula is C12H21FN2O2. The first-order valence-electron chi connectivity index (χ1n) is 6.38. The highest BCUT2D eigenvalue weighted by Gasteiger charge is 2.34. The average Bonchev–Trinajstić information content (AvgIpc) is 2.89. The van der Waals surface area contributed by atoms with Gasteiger partial charge in [0.25, 0.3) is 0 Å². The Kier molecular flexibility index (Phi) is 3.99. The maximum absolute atomic E-state index is 13.1. The number of hydrogen-bond acceptors (Lipinski definition) is 3. The van der Waals surface area contributed by atoms with Crippen molar-refractivity contribution in [2.75, 3.05) is 26.7 Å². The summed E-state index contributed by atoms with van der Waals surface area (Å²) in [5.74, 6) is -0.0707. The van der Waals surface area contributed by atoms with E-state index in [4.69, 9.17) is 0 Å². The lowest BCUT2D eigenvalue weighted by Gasteiger charge is -2.25. The smallest absolute Gasteiger partial charge is 0.236 e. The molecule has 1 saturated heterocycles. The number of hydrogen-bond donors (Lipinski definition) is 1. The zero-order valence-electron chi connectivity index (χ0n) is 10.3. The van der Waals surface area contributed by atoms with Crippen molar-refractivity contribution in [3.63, 3.8) is 0 Å². The molecule has 0 aromatic heterocycles. The number of halogens is 1. The second-order valence-corrected chi connectivity index (χ2v) is 5.24. The highest BCUT2D eigenvalue weighted by atomic mass is 19.1. The fraction of sp³-hybridized carbons (Fsp3) is 0.917. The third kappa shape index (κ3) is 2.96. The molecule has 98 valence electrons. The molecule has 0 spiro atoms. The van der Waals surface area contributed by atoms with Crippen LogP contribution in [0.15, 0.2) is 0 Å². The summed E-state index contributed by atoms with van der Waals surface area (Å²) < 4.78 is 13.1. The monoisotopic (exact) mass is 244 g/mol. The predicted molar refractivity (Wildman–Crippen MR) is 62.4 cm³/mol. The highest BCUT2D eigenvalue weighted by molar-refractivity contribution is 5.78. The van der Waals surface area contributed by atoms with Crippen LogP contribution >= 0.6 is 0 Å². The molecule has 1 heterocycles. The zero-order chi connectivity index (χ0) is 12.4. The molecule has 1 amide bonds. The van der Waals surface area contributed by atoms with Crippen LogP contribution in [0.1, 0.15) is 25.7 Å². The number of likely N-dealkylation sites (N-methyl/N-ethyl adjacent to an activating group) is 1. The SMILES string of the molecule is CN(CC(=O)N1C[C@@H](O)[C@H](F)C1)C1CCCC1. The van der Waals surface area contributed by atoms with Crippen molar-refractivity contribution in [2.45, 2.75) is 44.0 Å². The molecule has 1 N–H and O–H groups in total. The number of rotatable bonds is 3. The average molecular weight is 244 g/mol. The first-order chi connectivity index (χ1) is 8.08. The Labute approximate surface area is 101 Å². The maximum atomic E-state index is 13.1. The molecule has 2 atom stereocenters. The molecule has 4 nitrogen and oxygen atoms in total. The molecule has 0 aromatic rings. The summed E-state index contributed by atoms with van der Waals surface area (Å²) in [4.78, 5) is 15.4. The first kappa shape index (κ1) is 12.8. The van der Waals surface area contributed by atoms with Crippen LogP contribution in [0.5, 0.6) is 0 Å². The van der Waals surface area contributed by atoms with E-state index in [9.17, 15) is 14.3 Å². The summed E-state index contributed by atoms with van der Waals surface area (Å²) in [5, 5.41) is 9.28. The Hall–Kier alpha value is -0.680. The van der Waals surface area contributed by atoms with Crippen LogP contribution in [0.2, 0.25) is 0 Å². The van der Waals surface area contributed by atoms with Crippen molar-refractivity contribution in [1.82, 2.24) is 9.80 Å². The molecule has 1 aliphatic carbocycles. The number of carbonyl (C=O) groups is 1. The molecule has 0 bridgehead atoms. The molecule has 0 unspecified atom stereocenters. The number of aliphatic hydroxyl groups is 1. The molecule has 1 aliphatic heterocycles. The molecule has 2 fully saturated rings. The number of nitrogens with zero attached hydrogens (tertiary/aromatic N) is 2. The van der Waals surface area contributed by atoms with Crippen LogP contribution < -0.4 is 0 Å². The standard InChI is InChI=1S/C12H21FN2O2/c1-14(9-4-2-3-5-9)8-12(17)15-6-10(13)11(16)7-15/h9-11,16H,2-8H2,1H3/t10-,11-/m1/s1. The summed E-state index contributed by atoms with van der Waals surface area (Å²) in [6.45, 7) is 0.515. The number of β-amino-alcohol motifs (C(OH)–C–C–N with tert-alkyl or cyclic N) is 1. The number of amides is 1. The van der Waals surface area contributed by atoms with E-state index in [0.717, 1.165) is 12.8 Å². The van der Waals surface area contributed by atoms with Gasteiger partial charge in [0, 0.05) is 12.6 Å². The van der Waals surface area contributed by atoms with Crippen molar-refractivity contribution < 1.29 is 14.3 Å². The van der Waals surface area contributed by atoms with Gasteiger partial charge in [-0.3, -0.25) is 9.69 Å². The zero-order valence-corrected chi connectivity index (χ0v) is 10.3. The fourth-order valence-corrected chi connectivity index (χ4v) is 2.74. The van der Waals surface area contributed by atoms with E-state index in [-0.39, 0.29) is 19.0 Å². The minimum absolute atomic E-state index is 0.0402. The minimum atomic E-state index is -1.28. The van der Waals surface area contributed by atoms with E-state index in [1.54, 1.807) is 0 Å². The normalized spacial score (nSPS) is 30.5. The van der Waals surface area contributed by atoms with Crippen LogP contribution in [0, 0.1) is 0 Å². The number of alkyl halides is 1. The Morgan fingerprint density at radius 2 is 2.06 bits per heavy atom. The number of aliphatic hydroxyl groups excluding tert-OH is 1. The van der Waals surface area contributed by atoms with E-state index < -0.39 is 12.3 Å². The molecule has 2 rings (SSSR count). The van der Waals surface area contributed by atoms with Crippen molar-refractivity contribution >= 4 is 5.91 Å². The summed E-state index contributed by atoms with van der Waals surface area (Å²) >= 11 is 0. The van der Waals surface area contributed by atoms with Gasteiger partial charge in [-0.25, -0.2) is 4.39 Å². The van der Waals surface area contributed by atoms with Crippen molar-refractivity contribution in [3.05, 3.63) is 0 Å². The summed E-state index contributed by atoms with van der Waals surface area (Å²) in [6, 6.07) is 0.493. The summed E-state index contributed by atoms with van der Waals surface area (Å²) in [6.07, 6.45) is 2.48. The van der Waals surface area contributed by atoms with Gasteiger partial charge in [-0.05, 0) is 19.9 Å². The molecule has 0 radical (unpaired) electrons. The molecule has 17 heavy (non-hydrogen) atoms. The second-order valence-electron chi connectivity index (χ2n) is 5.24. The molecule has 0 aromatic carbocycles. The van der Waals surface area contributed by atoms with Crippen molar-refractivity contribution in [3.8, 4) is 0 Å². The summed E-state index contributed by atoms with van der Waals surface area (Å²) in [5.41, 5.74) is 0. The van der Waals surface area contributed by atoms with Crippen molar-refractivity contribution in [1.29, 1.82) is 0 Å². The largest absolute Gasteiger partial charge is 0.388 e. The Morgan fingerprint density at radius 1 is 1.41 bits per heavy atom. The van der Waals surface area contributed by atoms with Gasteiger partial charge in [0.1, 0.15) is 12.3 Å². The lowest BCUT2D eigenvalue weighted by Crippen LogP contribution is -2.41. The number of carbonyl (C=O) groups excluding carboxylic acids is 1.